The van der Waals surface area contributed by atoms with E-state index >= 15 is 0 Å². The quantitative estimate of drug-likeness (QED) is 0.418. The Morgan fingerprint density at radius 1 is 0.962 bits per heavy atom. The van der Waals surface area contributed by atoms with Crippen molar-refractivity contribution < 1.29 is 14.1 Å². The van der Waals surface area contributed by atoms with Gasteiger partial charge < -0.3 is 15.2 Å². The van der Waals surface area contributed by atoms with Crippen LogP contribution < -0.4 is 15.4 Å². The normalized spacial score (nSPS) is 11.4. The first-order valence-electron chi connectivity index (χ1n) is 7.83. The minimum absolute atomic E-state index is 0.159. The average molecular weight is 366 g/mol. The zero-order valence-corrected chi connectivity index (χ0v) is 14.3. The zero-order chi connectivity index (χ0) is 18.1. The molecule has 3 aromatic rings. The van der Waals surface area contributed by atoms with Gasteiger partial charge in [0.25, 0.3) is 5.91 Å². The molecule has 0 saturated carbocycles. The lowest BCUT2D eigenvalue weighted by Crippen LogP contribution is -2.20. The Morgan fingerprint density at radius 2 is 1.62 bits per heavy atom. The molecule has 0 fully saturated rings. The van der Waals surface area contributed by atoms with Crippen molar-refractivity contribution in [1.29, 1.82) is 0 Å². The minimum atomic E-state index is -0.388. The number of fused-ring (bicyclic) bond motifs is 3. The Bertz CT molecular complexity index is 1000. The van der Waals surface area contributed by atoms with Crippen LogP contribution in [-0.4, -0.2) is 17.1 Å². The molecule has 8 heteroatoms. The highest BCUT2D eigenvalue weighted by molar-refractivity contribution is 7.78. The van der Waals surface area contributed by atoms with Crippen LogP contribution in [-0.2, 0) is 6.42 Å². The molecular formula is C18H14N4O3S. The fraction of sp³-hybridized carbons (Fsp3) is 0.0556. The van der Waals surface area contributed by atoms with Gasteiger partial charge in [-0.25, -0.2) is 4.79 Å². The topological polar surface area (TPSA) is 96.3 Å². The summed E-state index contributed by atoms with van der Waals surface area (Å²) in [5, 5.41) is 9.03. The maximum Gasteiger partial charge on any atom is 0.329 e. The summed E-state index contributed by atoms with van der Waals surface area (Å²) in [4.78, 5) is 23.5. The van der Waals surface area contributed by atoms with E-state index in [1.165, 1.54) is 12.3 Å². The van der Waals surface area contributed by atoms with Crippen LogP contribution in [0.2, 0.25) is 0 Å². The summed E-state index contributed by atoms with van der Waals surface area (Å²) < 4.78 is 7.09. The predicted molar refractivity (Wildman–Crippen MR) is 100 cm³/mol. The highest BCUT2D eigenvalue weighted by Gasteiger charge is 2.20. The SMILES string of the molecule is O=C(NS)Nc1ccc2c(c1)Cc1cc(NC(=O)c3ccno3)ccc1-2. The third-order valence-electron chi connectivity index (χ3n) is 4.16. The molecule has 1 aromatic heterocycles. The molecule has 0 unspecified atom stereocenters. The van der Waals surface area contributed by atoms with E-state index in [0.717, 1.165) is 22.3 Å². The molecule has 2 aromatic carbocycles. The fourth-order valence-electron chi connectivity index (χ4n) is 3.05. The summed E-state index contributed by atoms with van der Waals surface area (Å²) in [6.07, 6.45) is 2.14. The summed E-state index contributed by atoms with van der Waals surface area (Å²) in [6.45, 7) is 0. The Hall–Kier alpha value is -3.26. The number of hydrogen-bond acceptors (Lipinski definition) is 5. The first-order chi connectivity index (χ1) is 12.6. The van der Waals surface area contributed by atoms with E-state index in [1.54, 1.807) is 0 Å². The van der Waals surface area contributed by atoms with Gasteiger partial charge in [-0.1, -0.05) is 30.1 Å². The number of urea groups is 1. The highest BCUT2D eigenvalue weighted by atomic mass is 32.1. The number of aromatic nitrogens is 1. The monoisotopic (exact) mass is 366 g/mol. The van der Waals surface area contributed by atoms with Gasteiger partial charge >= 0.3 is 6.03 Å². The summed E-state index contributed by atoms with van der Waals surface area (Å²) in [6, 6.07) is 12.6. The van der Waals surface area contributed by atoms with Gasteiger partial charge in [-0.2, -0.15) is 0 Å². The van der Waals surface area contributed by atoms with Gasteiger partial charge in [0.05, 0.1) is 6.20 Å². The van der Waals surface area contributed by atoms with Gasteiger partial charge in [0.1, 0.15) is 0 Å². The van der Waals surface area contributed by atoms with Crippen LogP contribution in [0.15, 0.2) is 53.2 Å². The van der Waals surface area contributed by atoms with Gasteiger partial charge in [0.15, 0.2) is 0 Å². The maximum absolute atomic E-state index is 12.1. The molecule has 3 N–H and O–H groups in total. The average Bonchev–Trinajstić information content (AvgIpc) is 3.28. The van der Waals surface area contributed by atoms with Gasteiger partial charge in [0.2, 0.25) is 5.76 Å². The van der Waals surface area contributed by atoms with Gasteiger partial charge in [-0.15, -0.1) is 0 Å². The molecule has 3 amide bonds. The van der Waals surface area contributed by atoms with Gasteiger partial charge in [-0.3, -0.25) is 9.52 Å². The number of thiol groups is 1. The molecule has 4 rings (SSSR count). The summed E-state index contributed by atoms with van der Waals surface area (Å²) in [7, 11) is 0. The van der Waals surface area contributed by atoms with Crippen LogP contribution in [0, 0.1) is 0 Å². The molecule has 26 heavy (non-hydrogen) atoms. The lowest BCUT2D eigenvalue weighted by atomic mass is 10.0. The molecule has 1 aliphatic carbocycles. The lowest BCUT2D eigenvalue weighted by molar-refractivity contribution is 0.0988. The van der Waals surface area contributed by atoms with Crippen molar-refractivity contribution in [3.05, 3.63) is 65.5 Å². The molecule has 7 nitrogen and oxygen atoms in total. The predicted octanol–water partition coefficient (Wildman–Crippen LogP) is 3.46. The number of carbonyl (C=O) groups excluding carboxylic acids is 2. The van der Waals surface area contributed by atoms with Crippen LogP contribution >= 0.6 is 12.8 Å². The molecule has 0 spiro atoms. The van der Waals surface area contributed by atoms with Crippen LogP contribution in [0.3, 0.4) is 0 Å². The second-order valence-corrected chi connectivity index (χ2v) is 6.04. The lowest BCUT2D eigenvalue weighted by Gasteiger charge is -2.07. The Morgan fingerprint density at radius 3 is 2.19 bits per heavy atom. The molecule has 0 bridgehead atoms. The van der Waals surface area contributed by atoms with Crippen LogP contribution in [0.25, 0.3) is 11.1 Å². The molecule has 1 heterocycles. The van der Waals surface area contributed by atoms with Crippen molar-refractivity contribution in [2.45, 2.75) is 6.42 Å². The largest absolute Gasteiger partial charge is 0.351 e. The standard InChI is InChI=1S/C18H14N4O3S/c23-17(16-5-6-19-25-16)20-12-1-3-14-10(8-12)7-11-9-13(2-4-15(11)14)21-18(24)22-26/h1-6,8-9,26H,7H2,(H,20,23)(H2,21,22,24). The molecular weight excluding hydrogens is 352 g/mol. The van der Waals surface area contributed by atoms with E-state index in [0.29, 0.717) is 17.8 Å². The second-order valence-electron chi connectivity index (χ2n) is 5.82. The molecule has 0 aliphatic heterocycles. The van der Waals surface area contributed by atoms with E-state index < -0.39 is 0 Å². The van der Waals surface area contributed by atoms with Crippen molar-refractivity contribution >= 4 is 36.1 Å². The Balaban J connectivity index is 1.55. The summed E-state index contributed by atoms with van der Waals surface area (Å²) in [5.74, 6) is -0.186. The van der Waals surface area contributed by atoms with E-state index in [1.807, 2.05) is 36.4 Å². The number of rotatable bonds is 3. The highest BCUT2D eigenvalue weighted by Crippen LogP contribution is 2.39. The van der Waals surface area contributed by atoms with Crippen molar-refractivity contribution in [1.82, 2.24) is 9.88 Å². The number of hydrogen-bond donors (Lipinski definition) is 4. The molecule has 0 atom stereocenters. The number of benzene rings is 2. The van der Waals surface area contributed by atoms with Crippen LogP contribution in [0.5, 0.6) is 0 Å². The number of amides is 3. The second kappa shape index (κ2) is 6.57. The van der Waals surface area contributed by atoms with Gasteiger partial charge in [0, 0.05) is 17.4 Å². The Labute approximate surface area is 154 Å². The van der Waals surface area contributed by atoms with Crippen molar-refractivity contribution in [3.8, 4) is 11.1 Å². The molecule has 0 radical (unpaired) electrons. The first-order valence-corrected chi connectivity index (χ1v) is 8.28. The zero-order valence-electron chi connectivity index (χ0n) is 13.4. The number of nitrogens with zero attached hydrogens (tertiary/aromatic N) is 1. The van der Waals surface area contributed by atoms with Crippen molar-refractivity contribution in [3.63, 3.8) is 0 Å². The van der Waals surface area contributed by atoms with E-state index in [9.17, 15) is 9.59 Å². The third kappa shape index (κ3) is 3.02. The van der Waals surface area contributed by atoms with Crippen LogP contribution in [0.4, 0.5) is 16.2 Å². The van der Waals surface area contributed by atoms with Gasteiger partial charge in [-0.05, 0) is 52.9 Å². The fourth-order valence-corrected chi connectivity index (χ4v) is 3.11. The van der Waals surface area contributed by atoms with Crippen LogP contribution in [0.1, 0.15) is 21.7 Å². The first kappa shape index (κ1) is 16.2. The molecule has 0 saturated heterocycles. The van der Waals surface area contributed by atoms with Crippen molar-refractivity contribution in [2.75, 3.05) is 10.6 Å². The summed E-state index contributed by atoms with van der Waals surface area (Å²) in [5.41, 5.74) is 5.82. The Kier molecular flexibility index (Phi) is 4.10. The van der Waals surface area contributed by atoms with E-state index in [4.69, 9.17) is 4.52 Å². The maximum atomic E-state index is 12.1. The summed E-state index contributed by atoms with van der Waals surface area (Å²) >= 11 is 3.72. The van der Waals surface area contributed by atoms with E-state index in [2.05, 4.69) is 33.3 Å². The smallest absolute Gasteiger partial charge is 0.329 e. The number of carbonyl (C=O) groups is 2. The van der Waals surface area contributed by atoms with E-state index in [-0.39, 0.29) is 17.7 Å². The minimum Gasteiger partial charge on any atom is -0.351 e. The number of nitrogens with one attached hydrogen (secondary N) is 3. The van der Waals surface area contributed by atoms with Crippen molar-refractivity contribution in [2.24, 2.45) is 0 Å². The molecule has 130 valence electrons. The molecule has 1 aliphatic rings. The number of anilines is 2. The third-order valence-corrected chi connectivity index (χ3v) is 4.36.